The molecule has 0 radical (unpaired) electrons. The SMILES string of the molecule is COC(CC[C@H](C)[C@@H]1CC[C@@H](C)c2c(O)cc(C(=O)O)cc21)OC. The van der Waals surface area contributed by atoms with Crippen LogP contribution in [0.2, 0.25) is 0 Å². The Bertz CT molecular complexity index is 579. The van der Waals surface area contributed by atoms with Crippen molar-refractivity contribution in [2.24, 2.45) is 5.92 Å². The summed E-state index contributed by atoms with van der Waals surface area (Å²) >= 11 is 0. The minimum absolute atomic E-state index is 0.112. The highest BCUT2D eigenvalue weighted by atomic mass is 16.7. The molecule has 0 fully saturated rings. The molecule has 0 bridgehead atoms. The lowest BCUT2D eigenvalue weighted by Crippen LogP contribution is -2.21. The first-order valence-electron chi connectivity index (χ1n) is 8.54. The number of phenolic OH excluding ortho intramolecular Hbond substituents is 1. The third kappa shape index (κ3) is 3.90. The molecule has 0 aliphatic heterocycles. The molecule has 0 spiro atoms. The molecule has 0 unspecified atom stereocenters. The first kappa shape index (κ1) is 18.7. The van der Waals surface area contributed by atoms with Gasteiger partial charge in [0, 0.05) is 19.8 Å². The van der Waals surface area contributed by atoms with E-state index in [0.717, 1.165) is 36.8 Å². The number of fused-ring (bicyclic) bond motifs is 1. The van der Waals surface area contributed by atoms with Crippen molar-refractivity contribution in [1.82, 2.24) is 0 Å². The molecule has 0 saturated carbocycles. The molecule has 2 N–H and O–H groups in total. The average Bonchev–Trinajstić information content (AvgIpc) is 2.55. The lowest BCUT2D eigenvalue weighted by molar-refractivity contribution is -0.108. The van der Waals surface area contributed by atoms with E-state index in [9.17, 15) is 15.0 Å². The van der Waals surface area contributed by atoms with E-state index >= 15 is 0 Å². The number of ether oxygens (including phenoxy) is 2. The van der Waals surface area contributed by atoms with Crippen molar-refractivity contribution < 1.29 is 24.5 Å². The number of hydrogen-bond acceptors (Lipinski definition) is 4. The number of carbonyl (C=O) groups is 1. The van der Waals surface area contributed by atoms with Crippen LogP contribution in [-0.4, -0.2) is 36.7 Å². The molecule has 0 saturated heterocycles. The van der Waals surface area contributed by atoms with Crippen molar-refractivity contribution in [1.29, 1.82) is 0 Å². The van der Waals surface area contributed by atoms with Crippen molar-refractivity contribution in [3.05, 3.63) is 28.8 Å². The lowest BCUT2D eigenvalue weighted by atomic mass is 9.71. The Balaban J connectivity index is 2.28. The van der Waals surface area contributed by atoms with E-state index in [0.29, 0.717) is 5.92 Å². The molecule has 5 heteroatoms. The fourth-order valence-electron chi connectivity index (χ4n) is 3.88. The van der Waals surface area contributed by atoms with E-state index in [1.165, 1.54) is 6.07 Å². The second-order valence-electron chi connectivity index (χ2n) is 6.84. The number of methoxy groups -OCH3 is 2. The maximum Gasteiger partial charge on any atom is 0.335 e. The Labute approximate surface area is 143 Å². The van der Waals surface area contributed by atoms with Gasteiger partial charge in [0.1, 0.15) is 5.75 Å². The molecule has 1 aromatic rings. The first-order chi connectivity index (χ1) is 11.4. The Kier molecular flexibility index (Phi) is 6.24. The quantitative estimate of drug-likeness (QED) is 0.733. The van der Waals surface area contributed by atoms with E-state index in [1.807, 2.05) is 0 Å². The zero-order chi connectivity index (χ0) is 17.9. The summed E-state index contributed by atoms with van der Waals surface area (Å²) in [6, 6.07) is 3.12. The molecule has 0 aromatic heterocycles. The fraction of sp³-hybridized carbons (Fsp3) is 0.632. The summed E-state index contributed by atoms with van der Waals surface area (Å²) < 4.78 is 10.5. The molecule has 24 heavy (non-hydrogen) atoms. The van der Waals surface area contributed by atoms with Crippen LogP contribution >= 0.6 is 0 Å². The van der Waals surface area contributed by atoms with E-state index in [2.05, 4.69) is 13.8 Å². The van der Waals surface area contributed by atoms with Crippen LogP contribution in [0.3, 0.4) is 0 Å². The zero-order valence-electron chi connectivity index (χ0n) is 14.9. The van der Waals surface area contributed by atoms with E-state index in [1.54, 1.807) is 20.3 Å². The highest BCUT2D eigenvalue weighted by molar-refractivity contribution is 5.88. The van der Waals surface area contributed by atoms with Crippen molar-refractivity contribution in [2.45, 2.75) is 57.7 Å². The summed E-state index contributed by atoms with van der Waals surface area (Å²) in [6.45, 7) is 4.27. The van der Waals surface area contributed by atoms with Gasteiger partial charge < -0.3 is 19.7 Å². The molecule has 1 aromatic carbocycles. The van der Waals surface area contributed by atoms with Crippen LogP contribution in [0.5, 0.6) is 5.75 Å². The molecule has 1 aliphatic rings. The molecule has 0 amide bonds. The second-order valence-corrected chi connectivity index (χ2v) is 6.84. The molecule has 2 rings (SSSR count). The third-order valence-corrected chi connectivity index (χ3v) is 5.31. The second kappa shape index (κ2) is 7.99. The third-order valence-electron chi connectivity index (χ3n) is 5.31. The Morgan fingerprint density at radius 1 is 1.25 bits per heavy atom. The van der Waals surface area contributed by atoms with Gasteiger partial charge in [0.25, 0.3) is 0 Å². The van der Waals surface area contributed by atoms with Gasteiger partial charge in [-0.05, 0) is 61.1 Å². The maximum absolute atomic E-state index is 11.3. The number of aromatic hydroxyl groups is 1. The Hall–Kier alpha value is -1.59. The average molecular weight is 336 g/mol. The van der Waals surface area contributed by atoms with Crippen LogP contribution < -0.4 is 0 Å². The van der Waals surface area contributed by atoms with Crippen LogP contribution in [0, 0.1) is 5.92 Å². The number of aromatic carboxylic acids is 1. The van der Waals surface area contributed by atoms with Crippen LogP contribution in [0.15, 0.2) is 12.1 Å². The largest absolute Gasteiger partial charge is 0.508 e. The molecular weight excluding hydrogens is 308 g/mol. The van der Waals surface area contributed by atoms with Crippen LogP contribution in [0.25, 0.3) is 0 Å². The predicted molar refractivity (Wildman–Crippen MR) is 91.7 cm³/mol. The number of benzene rings is 1. The van der Waals surface area contributed by atoms with E-state index < -0.39 is 5.97 Å². The van der Waals surface area contributed by atoms with Crippen LogP contribution in [0.4, 0.5) is 0 Å². The maximum atomic E-state index is 11.3. The number of carboxylic acids is 1. The van der Waals surface area contributed by atoms with Crippen molar-refractivity contribution >= 4 is 5.97 Å². The summed E-state index contributed by atoms with van der Waals surface area (Å²) in [7, 11) is 3.27. The molecule has 3 atom stereocenters. The minimum atomic E-state index is -1.00. The summed E-state index contributed by atoms with van der Waals surface area (Å²) in [5.41, 5.74) is 2.06. The number of carboxylic acid groups (broad SMARTS) is 1. The first-order valence-corrected chi connectivity index (χ1v) is 8.54. The molecule has 0 heterocycles. The van der Waals surface area contributed by atoms with Crippen molar-refractivity contribution in [3.63, 3.8) is 0 Å². The normalized spacial score (nSPS) is 21.5. The monoisotopic (exact) mass is 336 g/mol. The lowest BCUT2D eigenvalue weighted by Gasteiger charge is -2.34. The Morgan fingerprint density at radius 3 is 2.50 bits per heavy atom. The zero-order valence-corrected chi connectivity index (χ0v) is 14.9. The molecule has 1 aliphatic carbocycles. The standard InChI is InChI=1S/C19H28O5/c1-11(6-8-17(23-3)24-4)14-7-5-12(2)18-15(14)9-13(19(21)22)10-16(18)20/h9-12,14,17,20H,5-8H2,1-4H3,(H,21,22)/t11-,12+,14-/m0/s1. The van der Waals surface area contributed by atoms with Gasteiger partial charge in [-0.2, -0.15) is 0 Å². The topological polar surface area (TPSA) is 76.0 Å². The summed E-state index contributed by atoms with van der Waals surface area (Å²) in [6.07, 6.45) is 3.50. The van der Waals surface area contributed by atoms with Gasteiger partial charge in [-0.25, -0.2) is 4.79 Å². The van der Waals surface area contributed by atoms with Gasteiger partial charge in [-0.1, -0.05) is 13.8 Å². The van der Waals surface area contributed by atoms with Gasteiger partial charge in [0.2, 0.25) is 0 Å². The van der Waals surface area contributed by atoms with Gasteiger partial charge in [0.15, 0.2) is 6.29 Å². The number of phenols is 1. The number of hydrogen-bond donors (Lipinski definition) is 2. The van der Waals surface area contributed by atoms with Crippen molar-refractivity contribution in [3.8, 4) is 5.75 Å². The van der Waals surface area contributed by atoms with Gasteiger partial charge in [0.05, 0.1) is 5.56 Å². The van der Waals surface area contributed by atoms with Gasteiger partial charge in [-0.15, -0.1) is 0 Å². The predicted octanol–water partition coefficient (Wildman–Crippen LogP) is 4.11. The van der Waals surface area contributed by atoms with Crippen LogP contribution in [0.1, 0.15) is 72.9 Å². The highest BCUT2D eigenvalue weighted by Gasteiger charge is 2.32. The minimum Gasteiger partial charge on any atom is -0.508 e. The molecule has 5 nitrogen and oxygen atoms in total. The molecule has 134 valence electrons. The van der Waals surface area contributed by atoms with Crippen molar-refractivity contribution in [2.75, 3.05) is 14.2 Å². The summed E-state index contributed by atoms with van der Waals surface area (Å²) in [5, 5.41) is 19.6. The van der Waals surface area contributed by atoms with E-state index in [-0.39, 0.29) is 29.4 Å². The highest BCUT2D eigenvalue weighted by Crippen LogP contribution is 2.47. The van der Waals surface area contributed by atoms with Gasteiger partial charge in [-0.3, -0.25) is 0 Å². The molecular formula is C19H28O5. The number of rotatable bonds is 7. The van der Waals surface area contributed by atoms with E-state index in [4.69, 9.17) is 9.47 Å². The summed E-state index contributed by atoms with van der Waals surface area (Å²) in [4.78, 5) is 11.3. The van der Waals surface area contributed by atoms with Crippen LogP contribution in [-0.2, 0) is 9.47 Å². The summed E-state index contributed by atoms with van der Waals surface area (Å²) in [5.74, 6) is -0.0437. The fourth-order valence-corrected chi connectivity index (χ4v) is 3.88. The van der Waals surface area contributed by atoms with Gasteiger partial charge >= 0.3 is 5.97 Å². The smallest absolute Gasteiger partial charge is 0.335 e. The Morgan fingerprint density at radius 2 is 1.92 bits per heavy atom.